The lowest BCUT2D eigenvalue weighted by molar-refractivity contribution is 0.166. The first-order valence-corrected chi connectivity index (χ1v) is 6.30. The molecule has 86 valence electrons. The molecule has 0 saturated heterocycles. The van der Waals surface area contributed by atoms with Crippen LogP contribution >= 0.6 is 11.6 Å². The number of hydrogen-bond acceptors (Lipinski definition) is 2. The number of aliphatic hydroxyl groups is 1. The van der Waals surface area contributed by atoms with E-state index in [1.54, 1.807) is 0 Å². The highest BCUT2D eigenvalue weighted by atomic mass is 35.5. The molecule has 2 nitrogen and oxygen atoms in total. The summed E-state index contributed by atoms with van der Waals surface area (Å²) in [6.45, 7) is 0.748. The van der Waals surface area contributed by atoms with Crippen molar-refractivity contribution in [1.82, 2.24) is 0 Å². The van der Waals surface area contributed by atoms with Crippen molar-refractivity contribution in [1.29, 1.82) is 0 Å². The van der Waals surface area contributed by atoms with Crippen LogP contribution in [-0.2, 0) is 12.8 Å². The van der Waals surface area contributed by atoms with Crippen LogP contribution in [0.5, 0.6) is 5.75 Å². The van der Waals surface area contributed by atoms with Gasteiger partial charge in [-0.05, 0) is 30.9 Å². The maximum absolute atomic E-state index is 10.1. The van der Waals surface area contributed by atoms with Gasteiger partial charge < -0.3 is 9.84 Å². The standard InChI is InChI=1S/C13H15ClO2/c14-10-7-8-5-6-16-13(8)9-3-1-2-4-11(15)12(9)10/h7,11,15H,1-6H2. The number of fused-ring (bicyclic) bond motifs is 3. The second-order valence-corrected chi connectivity index (χ2v) is 5.01. The molecule has 1 aliphatic carbocycles. The first-order chi connectivity index (χ1) is 7.77. The Morgan fingerprint density at radius 2 is 2.19 bits per heavy atom. The molecular weight excluding hydrogens is 224 g/mol. The third-order valence-electron chi connectivity index (χ3n) is 3.55. The lowest BCUT2D eigenvalue weighted by Crippen LogP contribution is -2.02. The van der Waals surface area contributed by atoms with Crippen molar-refractivity contribution in [2.75, 3.05) is 6.61 Å². The van der Waals surface area contributed by atoms with Gasteiger partial charge in [0.25, 0.3) is 0 Å². The maximum atomic E-state index is 10.1. The van der Waals surface area contributed by atoms with Gasteiger partial charge in [-0.15, -0.1) is 0 Å². The molecule has 1 aliphatic heterocycles. The average molecular weight is 239 g/mol. The molecule has 2 aliphatic rings. The molecule has 1 aromatic carbocycles. The summed E-state index contributed by atoms with van der Waals surface area (Å²) in [5.41, 5.74) is 3.28. The van der Waals surface area contributed by atoms with Crippen LogP contribution in [0.1, 0.15) is 42.1 Å². The summed E-state index contributed by atoms with van der Waals surface area (Å²) in [7, 11) is 0. The molecular formula is C13H15ClO2. The summed E-state index contributed by atoms with van der Waals surface area (Å²) in [6, 6.07) is 1.97. The summed E-state index contributed by atoms with van der Waals surface area (Å²) in [5, 5.41) is 10.8. The number of hydrogen-bond donors (Lipinski definition) is 1. The van der Waals surface area contributed by atoms with Crippen molar-refractivity contribution in [3.8, 4) is 5.75 Å². The highest BCUT2D eigenvalue weighted by Gasteiger charge is 2.27. The largest absolute Gasteiger partial charge is 0.493 e. The zero-order chi connectivity index (χ0) is 11.1. The number of aliphatic hydroxyl groups excluding tert-OH is 1. The molecule has 0 saturated carbocycles. The van der Waals surface area contributed by atoms with E-state index >= 15 is 0 Å². The smallest absolute Gasteiger partial charge is 0.126 e. The Bertz CT molecular complexity index is 428. The van der Waals surface area contributed by atoms with E-state index in [-0.39, 0.29) is 0 Å². The third-order valence-corrected chi connectivity index (χ3v) is 3.87. The lowest BCUT2D eigenvalue weighted by atomic mass is 9.96. The average Bonchev–Trinajstić information content (AvgIpc) is 2.62. The van der Waals surface area contributed by atoms with E-state index in [1.165, 1.54) is 5.56 Å². The summed E-state index contributed by atoms with van der Waals surface area (Å²) < 4.78 is 5.69. The fourth-order valence-electron chi connectivity index (χ4n) is 2.78. The van der Waals surface area contributed by atoms with E-state index in [9.17, 15) is 5.11 Å². The molecule has 0 amide bonds. The molecule has 16 heavy (non-hydrogen) atoms. The molecule has 1 heterocycles. The van der Waals surface area contributed by atoms with E-state index in [2.05, 4.69) is 0 Å². The second kappa shape index (κ2) is 3.94. The van der Waals surface area contributed by atoms with Crippen LogP contribution in [0.4, 0.5) is 0 Å². The number of ether oxygens (including phenoxy) is 1. The minimum absolute atomic E-state index is 0.417. The van der Waals surface area contributed by atoms with Gasteiger partial charge in [0.1, 0.15) is 5.75 Å². The molecule has 3 rings (SSSR count). The van der Waals surface area contributed by atoms with E-state index in [1.807, 2.05) is 6.07 Å². The highest BCUT2D eigenvalue weighted by molar-refractivity contribution is 6.31. The second-order valence-electron chi connectivity index (χ2n) is 4.60. The number of halogens is 1. The van der Waals surface area contributed by atoms with Crippen molar-refractivity contribution in [2.45, 2.75) is 38.2 Å². The van der Waals surface area contributed by atoms with E-state index < -0.39 is 6.10 Å². The Kier molecular flexibility index (Phi) is 2.56. The Morgan fingerprint density at radius 1 is 1.31 bits per heavy atom. The van der Waals surface area contributed by atoms with Gasteiger partial charge in [0.2, 0.25) is 0 Å². The van der Waals surface area contributed by atoms with E-state index in [4.69, 9.17) is 16.3 Å². The predicted molar refractivity (Wildman–Crippen MR) is 63.2 cm³/mol. The number of rotatable bonds is 0. The molecule has 3 heteroatoms. The first-order valence-electron chi connectivity index (χ1n) is 5.92. The van der Waals surface area contributed by atoms with Gasteiger partial charge in [-0.3, -0.25) is 0 Å². The van der Waals surface area contributed by atoms with Crippen LogP contribution < -0.4 is 4.74 Å². The Hall–Kier alpha value is -0.730. The number of benzene rings is 1. The van der Waals surface area contributed by atoms with Crippen LogP contribution in [-0.4, -0.2) is 11.7 Å². The zero-order valence-electron chi connectivity index (χ0n) is 9.13. The monoisotopic (exact) mass is 238 g/mol. The van der Waals surface area contributed by atoms with Gasteiger partial charge in [-0.25, -0.2) is 0 Å². The minimum Gasteiger partial charge on any atom is -0.493 e. The molecule has 0 radical (unpaired) electrons. The van der Waals surface area contributed by atoms with Crippen LogP contribution in [0, 0.1) is 0 Å². The lowest BCUT2D eigenvalue weighted by Gasteiger charge is -2.16. The molecule has 0 fully saturated rings. The maximum Gasteiger partial charge on any atom is 0.126 e. The minimum atomic E-state index is -0.417. The van der Waals surface area contributed by atoms with Gasteiger partial charge >= 0.3 is 0 Å². The molecule has 1 atom stereocenters. The quantitative estimate of drug-likeness (QED) is 0.704. The topological polar surface area (TPSA) is 29.5 Å². The first kappa shape index (κ1) is 10.4. The molecule has 1 N–H and O–H groups in total. The fraction of sp³-hybridized carbons (Fsp3) is 0.538. The van der Waals surface area contributed by atoms with Gasteiger partial charge in [-0.2, -0.15) is 0 Å². The van der Waals surface area contributed by atoms with Crippen LogP contribution in [0.2, 0.25) is 5.02 Å². The van der Waals surface area contributed by atoms with Crippen LogP contribution in [0.25, 0.3) is 0 Å². The highest BCUT2D eigenvalue weighted by Crippen LogP contribution is 2.42. The summed E-state index contributed by atoms with van der Waals surface area (Å²) in [5.74, 6) is 1.00. The Balaban J connectivity index is 2.21. The van der Waals surface area contributed by atoms with Crippen LogP contribution in [0.3, 0.4) is 0 Å². The SMILES string of the molecule is OC1CCCCc2c3c(cc(Cl)c21)CCO3. The molecule has 1 unspecified atom stereocenters. The van der Waals surface area contributed by atoms with Crippen molar-refractivity contribution >= 4 is 11.6 Å². The molecule has 0 aromatic heterocycles. The molecule has 1 aromatic rings. The third kappa shape index (κ3) is 1.52. The van der Waals surface area contributed by atoms with Crippen molar-refractivity contribution < 1.29 is 9.84 Å². The molecule has 0 spiro atoms. The van der Waals surface area contributed by atoms with Gasteiger partial charge in [-0.1, -0.05) is 18.0 Å². The van der Waals surface area contributed by atoms with E-state index in [0.717, 1.165) is 55.6 Å². The van der Waals surface area contributed by atoms with Crippen molar-refractivity contribution in [3.05, 3.63) is 27.8 Å². The zero-order valence-corrected chi connectivity index (χ0v) is 9.89. The molecule has 0 bridgehead atoms. The fourth-order valence-corrected chi connectivity index (χ4v) is 3.15. The summed E-state index contributed by atoms with van der Waals surface area (Å²) in [6.07, 6.45) is 4.49. The van der Waals surface area contributed by atoms with E-state index in [0.29, 0.717) is 5.02 Å². The summed E-state index contributed by atoms with van der Waals surface area (Å²) in [4.78, 5) is 0. The van der Waals surface area contributed by atoms with Crippen LogP contribution in [0.15, 0.2) is 6.07 Å². The van der Waals surface area contributed by atoms with Gasteiger partial charge in [0, 0.05) is 22.6 Å². The van der Waals surface area contributed by atoms with Gasteiger partial charge in [0.05, 0.1) is 12.7 Å². The van der Waals surface area contributed by atoms with Crippen molar-refractivity contribution in [3.63, 3.8) is 0 Å². The Morgan fingerprint density at radius 3 is 3.06 bits per heavy atom. The van der Waals surface area contributed by atoms with Crippen molar-refractivity contribution in [2.24, 2.45) is 0 Å². The Labute approximate surface area is 100 Å². The predicted octanol–water partition coefficient (Wildman–Crippen LogP) is 3.03. The normalized spacial score (nSPS) is 23.2. The van der Waals surface area contributed by atoms with Gasteiger partial charge in [0.15, 0.2) is 0 Å². The summed E-state index contributed by atoms with van der Waals surface area (Å²) >= 11 is 6.28.